The molecular weight excluding hydrogens is 406 g/mol. The summed E-state index contributed by atoms with van der Waals surface area (Å²) in [6.45, 7) is -0.421. The molecule has 0 saturated carbocycles. The van der Waals surface area contributed by atoms with E-state index in [0.717, 1.165) is 12.1 Å². The van der Waals surface area contributed by atoms with E-state index in [2.05, 4.69) is 15.9 Å². The number of non-ortho nitro benzene ring substituents is 1. The smallest absolute Gasteiger partial charge is 0.349 e. The molecule has 0 aromatic heterocycles. The summed E-state index contributed by atoms with van der Waals surface area (Å²) in [5.74, 6) is -0.469. The number of nitro benzene ring substituents is 1. The standard InChI is InChI=1S/C15H9BrClNO6/c16-12-6-10(17)1-3-14(12)23-8-15(20)24-13-4-2-11(18(21)22)5-9(13)7-19/h1-7H,8H2. The van der Waals surface area contributed by atoms with Gasteiger partial charge in [-0.1, -0.05) is 11.6 Å². The molecule has 2 aromatic rings. The molecule has 0 saturated heterocycles. The summed E-state index contributed by atoms with van der Waals surface area (Å²) in [5, 5.41) is 11.2. The molecule has 7 nitrogen and oxygen atoms in total. The number of ether oxygens (including phenoxy) is 2. The first-order valence-electron chi connectivity index (χ1n) is 6.43. The van der Waals surface area contributed by atoms with Crippen LogP contribution in [0.1, 0.15) is 10.4 Å². The molecule has 0 atom stereocenters. The van der Waals surface area contributed by atoms with Crippen LogP contribution < -0.4 is 9.47 Å². The number of nitro groups is 1. The van der Waals surface area contributed by atoms with Crippen LogP contribution in [0, 0.1) is 10.1 Å². The fourth-order valence-corrected chi connectivity index (χ4v) is 2.51. The summed E-state index contributed by atoms with van der Waals surface area (Å²) >= 11 is 9.03. The van der Waals surface area contributed by atoms with Gasteiger partial charge >= 0.3 is 5.97 Å². The molecule has 0 amide bonds. The van der Waals surface area contributed by atoms with Gasteiger partial charge < -0.3 is 9.47 Å². The van der Waals surface area contributed by atoms with Crippen molar-refractivity contribution in [3.8, 4) is 11.5 Å². The number of carbonyl (C=O) groups excluding carboxylic acids is 2. The number of esters is 1. The van der Waals surface area contributed by atoms with Crippen LogP contribution >= 0.6 is 27.5 Å². The van der Waals surface area contributed by atoms with Crippen molar-refractivity contribution in [3.05, 3.63) is 61.6 Å². The molecule has 0 bridgehead atoms. The normalized spacial score (nSPS) is 10.1. The van der Waals surface area contributed by atoms with Crippen molar-refractivity contribution in [2.24, 2.45) is 0 Å². The predicted molar refractivity (Wildman–Crippen MR) is 88.8 cm³/mol. The summed E-state index contributed by atoms with van der Waals surface area (Å²) in [6.07, 6.45) is 0.367. The second-order valence-corrected chi connectivity index (χ2v) is 5.73. The Labute approximate surface area is 149 Å². The van der Waals surface area contributed by atoms with E-state index in [9.17, 15) is 19.7 Å². The maximum atomic E-state index is 11.8. The summed E-state index contributed by atoms with van der Waals surface area (Å²) in [5.41, 5.74) is -0.386. The van der Waals surface area contributed by atoms with Crippen LogP contribution in [0.25, 0.3) is 0 Å². The fourth-order valence-electron chi connectivity index (χ4n) is 1.72. The first-order chi connectivity index (χ1) is 11.4. The molecule has 0 radical (unpaired) electrons. The number of nitrogens with zero attached hydrogens (tertiary/aromatic N) is 1. The van der Waals surface area contributed by atoms with Crippen LogP contribution in [-0.2, 0) is 4.79 Å². The number of benzene rings is 2. The number of rotatable bonds is 6. The monoisotopic (exact) mass is 413 g/mol. The first kappa shape index (κ1) is 17.9. The zero-order valence-corrected chi connectivity index (χ0v) is 14.2. The Morgan fingerprint density at radius 2 is 1.96 bits per heavy atom. The average Bonchev–Trinajstić information content (AvgIpc) is 2.54. The number of hydrogen-bond donors (Lipinski definition) is 0. The minimum atomic E-state index is -0.770. The molecule has 2 rings (SSSR count). The van der Waals surface area contributed by atoms with Crippen LogP contribution in [0.2, 0.25) is 5.02 Å². The molecule has 2 aromatic carbocycles. The summed E-state index contributed by atoms with van der Waals surface area (Å²) < 4.78 is 10.8. The van der Waals surface area contributed by atoms with Gasteiger partial charge in [-0.25, -0.2) is 4.79 Å². The molecule has 9 heteroatoms. The number of halogens is 2. The zero-order chi connectivity index (χ0) is 17.7. The molecule has 0 unspecified atom stereocenters. The van der Waals surface area contributed by atoms with Crippen LogP contribution in [0.15, 0.2) is 40.9 Å². The van der Waals surface area contributed by atoms with Gasteiger partial charge in [0.15, 0.2) is 12.9 Å². The highest BCUT2D eigenvalue weighted by atomic mass is 79.9. The lowest BCUT2D eigenvalue weighted by molar-refractivity contribution is -0.384. The number of carbonyl (C=O) groups is 2. The van der Waals surface area contributed by atoms with Crippen molar-refractivity contribution in [3.63, 3.8) is 0 Å². The van der Waals surface area contributed by atoms with Crippen molar-refractivity contribution in [2.45, 2.75) is 0 Å². The van der Waals surface area contributed by atoms with E-state index in [4.69, 9.17) is 21.1 Å². The third kappa shape index (κ3) is 4.53. The van der Waals surface area contributed by atoms with Crippen molar-refractivity contribution < 1.29 is 24.0 Å². The van der Waals surface area contributed by atoms with Gasteiger partial charge in [0.2, 0.25) is 0 Å². The average molecular weight is 415 g/mol. The molecule has 0 fully saturated rings. The molecule has 124 valence electrons. The lowest BCUT2D eigenvalue weighted by Crippen LogP contribution is -2.18. The molecule has 0 aliphatic carbocycles. The van der Waals surface area contributed by atoms with Gasteiger partial charge in [0.25, 0.3) is 5.69 Å². The van der Waals surface area contributed by atoms with Crippen molar-refractivity contribution in [1.82, 2.24) is 0 Å². The van der Waals surface area contributed by atoms with Crippen molar-refractivity contribution in [1.29, 1.82) is 0 Å². The van der Waals surface area contributed by atoms with Gasteiger partial charge in [-0.2, -0.15) is 0 Å². The Hall–Kier alpha value is -2.45. The Morgan fingerprint density at radius 3 is 2.58 bits per heavy atom. The topological polar surface area (TPSA) is 95.7 Å². The van der Waals surface area contributed by atoms with E-state index < -0.39 is 17.5 Å². The molecule has 0 aliphatic heterocycles. The van der Waals surface area contributed by atoms with Gasteiger partial charge in [-0.15, -0.1) is 0 Å². The largest absolute Gasteiger partial charge is 0.481 e. The lowest BCUT2D eigenvalue weighted by atomic mass is 10.2. The van der Waals surface area contributed by atoms with E-state index in [1.165, 1.54) is 6.07 Å². The van der Waals surface area contributed by atoms with E-state index in [-0.39, 0.29) is 17.0 Å². The van der Waals surface area contributed by atoms with Crippen LogP contribution in [0.3, 0.4) is 0 Å². The highest BCUT2D eigenvalue weighted by Gasteiger charge is 2.15. The second-order valence-electron chi connectivity index (χ2n) is 4.43. The Morgan fingerprint density at radius 1 is 1.25 bits per heavy atom. The predicted octanol–water partition coefficient (Wildman–Crippen LogP) is 3.81. The van der Waals surface area contributed by atoms with Gasteiger partial charge in [-0.05, 0) is 40.2 Å². The van der Waals surface area contributed by atoms with E-state index >= 15 is 0 Å². The first-order valence-corrected chi connectivity index (χ1v) is 7.60. The lowest BCUT2D eigenvalue weighted by Gasteiger charge is -2.09. The third-order valence-electron chi connectivity index (χ3n) is 2.79. The maximum Gasteiger partial charge on any atom is 0.349 e. The summed E-state index contributed by atoms with van der Waals surface area (Å²) in [6, 6.07) is 8.09. The second kappa shape index (κ2) is 7.89. The minimum absolute atomic E-state index is 0.0839. The number of hydrogen-bond acceptors (Lipinski definition) is 6. The van der Waals surface area contributed by atoms with Crippen LogP contribution in [0.5, 0.6) is 11.5 Å². The van der Waals surface area contributed by atoms with Gasteiger partial charge in [0.05, 0.1) is 15.0 Å². The molecule has 0 spiro atoms. The maximum absolute atomic E-state index is 11.8. The Bertz CT molecular complexity index is 811. The minimum Gasteiger partial charge on any atom is -0.481 e. The van der Waals surface area contributed by atoms with Gasteiger partial charge in [-0.3, -0.25) is 14.9 Å². The molecule has 0 N–H and O–H groups in total. The Kier molecular flexibility index (Phi) is 5.88. The van der Waals surface area contributed by atoms with Gasteiger partial charge in [0, 0.05) is 17.2 Å². The molecular formula is C15H9BrClNO6. The fraction of sp³-hybridized carbons (Fsp3) is 0.0667. The van der Waals surface area contributed by atoms with Crippen molar-refractivity contribution in [2.75, 3.05) is 6.61 Å². The Balaban J connectivity index is 2.04. The summed E-state index contributed by atoms with van der Waals surface area (Å²) in [4.78, 5) is 32.8. The van der Waals surface area contributed by atoms with Crippen LogP contribution in [0.4, 0.5) is 5.69 Å². The third-order valence-corrected chi connectivity index (χ3v) is 3.65. The zero-order valence-electron chi connectivity index (χ0n) is 11.9. The van der Waals surface area contributed by atoms with Crippen LogP contribution in [-0.4, -0.2) is 23.8 Å². The quantitative estimate of drug-likeness (QED) is 0.234. The van der Waals surface area contributed by atoms with E-state index in [0.29, 0.717) is 21.5 Å². The van der Waals surface area contributed by atoms with Crippen molar-refractivity contribution >= 4 is 45.5 Å². The van der Waals surface area contributed by atoms with Gasteiger partial charge in [0.1, 0.15) is 11.5 Å². The molecule has 24 heavy (non-hydrogen) atoms. The highest BCUT2D eigenvalue weighted by molar-refractivity contribution is 9.10. The highest BCUT2D eigenvalue weighted by Crippen LogP contribution is 2.28. The van der Waals surface area contributed by atoms with E-state index in [1.54, 1.807) is 18.2 Å². The SMILES string of the molecule is O=Cc1cc([N+](=O)[O-])ccc1OC(=O)COc1ccc(Cl)cc1Br. The summed E-state index contributed by atoms with van der Waals surface area (Å²) in [7, 11) is 0. The molecule has 0 aliphatic rings. The molecule has 0 heterocycles. The van der Waals surface area contributed by atoms with E-state index in [1.807, 2.05) is 0 Å². The number of aldehydes is 1.